The Bertz CT molecular complexity index is 2140. The van der Waals surface area contributed by atoms with Gasteiger partial charge < -0.3 is 0 Å². The summed E-state index contributed by atoms with van der Waals surface area (Å²) in [6.07, 6.45) is 7.13. The molecule has 1 aliphatic carbocycles. The first-order valence-corrected chi connectivity index (χ1v) is 15.1. The van der Waals surface area contributed by atoms with E-state index >= 15 is 0 Å². The highest BCUT2D eigenvalue weighted by atomic mass is 15.1. The van der Waals surface area contributed by atoms with Crippen LogP contribution in [0.3, 0.4) is 0 Å². The fraction of sp³-hybridized carbons (Fsp3) is 0.0976. The standard InChI is InChI=1S/C41H32N2/c1-27-26-32(43-28(2)42-38-18-10-11-19-39(38)43)24-25-33(27)41-36-16-8-6-14-34(36)40(35-15-7-9-17-37(35)41)31-22-20-30(21-23-31)29-12-4-3-5-13-29/h3-27,33H,1-2H3. The van der Waals surface area contributed by atoms with Gasteiger partial charge in [0.1, 0.15) is 5.82 Å². The van der Waals surface area contributed by atoms with E-state index in [1.165, 1.54) is 55.1 Å². The van der Waals surface area contributed by atoms with Gasteiger partial charge in [-0.1, -0.05) is 134 Å². The lowest BCUT2D eigenvalue weighted by molar-refractivity contribution is 0.641. The van der Waals surface area contributed by atoms with E-state index in [4.69, 9.17) is 4.98 Å². The fourth-order valence-electron chi connectivity index (χ4n) is 7.08. The van der Waals surface area contributed by atoms with Crippen LogP contribution in [0.25, 0.3) is 60.5 Å². The normalized spacial score (nSPS) is 16.7. The van der Waals surface area contributed by atoms with Crippen molar-refractivity contribution in [2.75, 3.05) is 0 Å². The van der Waals surface area contributed by atoms with Crippen molar-refractivity contribution in [2.24, 2.45) is 5.92 Å². The highest BCUT2D eigenvalue weighted by Gasteiger charge is 2.26. The van der Waals surface area contributed by atoms with Gasteiger partial charge in [-0.3, -0.25) is 4.57 Å². The van der Waals surface area contributed by atoms with E-state index in [0.717, 1.165) is 16.9 Å². The second-order valence-corrected chi connectivity index (χ2v) is 11.6. The highest BCUT2D eigenvalue weighted by molar-refractivity contribution is 6.15. The van der Waals surface area contributed by atoms with E-state index in [0.29, 0.717) is 5.92 Å². The van der Waals surface area contributed by atoms with Crippen LogP contribution in [0.1, 0.15) is 24.2 Å². The Balaban J connectivity index is 1.27. The minimum atomic E-state index is 0.253. The number of allylic oxidation sites excluding steroid dienone is 4. The van der Waals surface area contributed by atoms with Gasteiger partial charge in [0.25, 0.3) is 0 Å². The molecule has 2 nitrogen and oxygen atoms in total. The third kappa shape index (κ3) is 4.21. The molecule has 0 radical (unpaired) electrons. The Hall–Kier alpha value is -5.21. The van der Waals surface area contributed by atoms with Crippen LogP contribution < -0.4 is 0 Å². The van der Waals surface area contributed by atoms with E-state index < -0.39 is 0 Å². The van der Waals surface area contributed by atoms with Crippen LogP contribution in [0, 0.1) is 12.8 Å². The molecule has 43 heavy (non-hydrogen) atoms. The number of hydrogen-bond acceptors (Lipinski definition) is 1. The van der Waals surface area contributed by atoms with Gasteiger partial charge in [-0.05, 0) is 80.4 Å². The summed E-state index contributed by atoms with van der Waals surface area (Å²) < 4.78 is 2.29. The van der Waals surface area contributed by atoms with E-state index in [-0.39, 0.29) is 5.92 Å². The molecule has 7 aromatic rings. The Morgan fingerprint density at radius 2 is 1.14 bits per heavy atom. The number of para-hydroxylation sites is 2. The first-order valence-electron chi connectivity index (χ1n) is 15.1. The summed E-state index contributed by atoms with van der Waals surface area (Å²) in [4.78, 5) is 4.82. The molecule has 1 heterocycles. The van der Waals surface area contributed by atoms with Crippen LogP contribution in [0.4, 0.5) is 0 Å². The lowest BCUT2D eigenvalue weighted by atomic mass is 9.77. The number of imidazole rings is 1. The quantitative estimate of drug-likeness (QED) is 0.199. The number of rotatable bonds is 4. The molecule has 0 saturated carbocycles. The van der Waals surface area contributed by atoms with Crippen molar-refractivity contribution in [3.8, 4) is 22.3 Å². The largest absolute Gasteiger partial charge is 0.297 e. The van der Waals surface area contributed by atoms with Crippen LogP contribution in [0.5, 0.6) is 0 Å². The van der Waals surface area contributed by atoms with Crippen molar-refractivity contribution in [3.05, 3.63) is 157 Å². The van der Waals surface area contributed by atoms with Gasteiger partial charge in [-0.25, -0.2) is 4.98 Å². The molecule has 1 aromatic heterocycles. The van der Waals surface area contributed by atoms with Gasteiger partial charge in [0.15, 0.2) is 0 Å². The smallest absolute Gasteiger partial charge is 0.111 e. The Labute approximate surface area is 252 Å². The molecule has 2 heteroatoms. The molecule has 6 aromatic carbocycles. The van der Waals surface area contributed by atoms with Crippen LogP contribution in [-0.2, 0) is 0 Å². The summed E-state index contributed by atoms with van der Waals surface area (Å²) in [7, 11) is 0. The van der Waals surface area contributed by atoms with E-state index in [9.17, 15) is 0 Å². The van der Waals surface area contributed by atoms with Gasteiger partial charge in [-0.2, -0.15) is 0 Å². The molecular formula is C41H32N2. The highest BCUT2D eigenvalue weighted by Crippen LogP contribution is 2.46. The number of benzene rings is 6. The lowest BCUT2D eigenvalue weighted by Crippen LogP contribution is -2.13. The maximum Gasteiger partial charge on any atom is 0.111 e. The van der Waals surface area contributed by atoms with Crippen molar-refractivity contribution in [1.29, 1.82) is 0 Å². The maximum absolute atomic E-state index is 4.82. The molecule has 0 aliphatic heterocycles. The van der Waals surface area contributed by atoms with Crippen LogP contribution in [-0.4, -0.2) is 9.55 Å². The second-order valence-electron chi connectivity index (χ2n) is 11.6. The molecule has 206 valence electrons. The van der Waals surface area contributed by atoms with Crippen LogP contribution >= 0.6 is 0 Å². The predicted octanol–water partition coefficient (Wildman–Crippen LogP) is 10.8. The summed E-state index contributed by atoms with van der Waals surface area (Å²) in [5.74, 6) is 1.58. The van der Waals surface area contributed by atoms with Gasteiger partial charge in [0.2, 0.25) is 0 Å². The van der Waals surface area contributed by atoms with Crippen molar-refractivity contribution in [2.45, 2.75) is 19.8 Å². The average Bonchev–Trinajstić information content (AvgIpc) is 3.40. The number of aromatic nitrogens is 2. The Kier molecular flexibility index (Phi) is 6.08. The zero-order valence-corrected chi connectivity index (χ0v) is 24.4. The number of fused-ring (bicyclic) bond motifs is 3. The minimum absolute atomic E-state index is 0.253. The minimum Gasteiger partial charge on any atom is -0.297 e. The molecule has 1 aliphatic rings. The molecular weight excluding hydrogens is 520 g/mol. The molecule has 0 bridgehead atoms. The lowest BCUT2D eigenvalue weighted by Gasteiger charge is -2.28. The summed E-state index contributed by atoms with van der Waals surface area (Å²) in [5.41, 5.74) is 9.81. The topological polar surface area (TPSA) is 17.8 Å². The molecule has 0 N–H and O–H groups in total. The predicted molar refractivity (Wildman–Crippen MR) is 182 cm³/mol. The fourth-order valence-corrected chi connectivity index (χ4v) is 7.08. The molecule has 2 unspecified atom stereocenters. The van der Waals surface area contributed by atoms with Crippen LogP contribution in [0.2, 0.25) is 0 Å². The second kappa shape index (κ2) is 10.3. The van der Waals surface area contributed by atoms with Crippen molar-refractivity contribution >= 4 is 38.3 Å². The number of nitrogens with zero attached hydrogens (tertiary/aromatic N) is 2. The summed E-state index contributed by atoms with van der Waals surface area (Å²) >= 11 is 0. The third-order valence-corrected chi connectivity index (χ3v) is 9.05. The van der Waals surface area contributed by atoms with E-state index in [2.05, 4.69) is 164 Å². The molecule has 0 amide bonds. The third-order valence-electron chi connectivity index (χ3n) is 9.05. The van der Waals surface area contributed by atoms with Crippen LogP contribution in [0.15, 0.2) is 146 Å². The monoisotopic (exact) mass is 552 g/mol. The summed E-state index contributed by atoms with van der Waals surface area (Å²) in [5, 5.41) is 5.25. The van der Waals surface area contributed by atoms with Gasteiger partial charge in [0.05, 0.1) is 11.0 Å². The van der Waals surface area contributed by atoms with Gasteiger partial charge in [0, 0.05) is 11.6 Å². The Morgan fingerprint density at radius 1 is 0.581 bits per heavy atom. The molecule has 0 saturated heterocycles. The van der Waals surface area contributed by atoms with Crippen molar-refractivity contribution < 1.29 is 0 Å². The van der Waals surface area contributed by atoms with E-state index in [1.807, 2.05) is 0 Å². The molecule has 0 fully saturated rings. The van der Waals surface area contributed by atoms with E-state index in [1.54, 1.807) is 0 Å². The van der Waals surface area contributed by atoms with Crippen molar-refractivity contribution in [1.82, 2.24) is 9.55 Å². The maximum atomic E-state index is 4.82. The average molecular weight is 553 g/mol. The number of hydrogen-bond donors (Lipinski definition) is 0. The number of aryl methyl sites for hydroxylation is 1. The van der Waals surface area contributed by atoms with Gasteiger partial charge in [-0.15, -0.1) is 0 Å². The zero-order chi connectivity index (χ0) is 28.9. The molecule has 0 spiro atoms. The van der Waals surface area contributed by atoms with Gasteiger partial charge >= 0.3 is 0 Å². The Morgan fingerprint density at radius 3 is 1.81 bits per heavy atom. The summed E-state index contributed by atoms with van der Waals surface area (Å²) in [6, 6.07) is 46.0. The molecule has 2 atom stereocenters. The zero-order valence-electron chi connectivity index (χ0n) is 24.4. The first-order chi connectivity index (χ1) is 21.2. The summed E-state index contributed by atoms with van der Waals surface area (Å²) in [6.45, 7) is 4.44. The SMILES string of the molecule is Cc1nc2ccccc2n1C1=CC(C)C(c2c3ccccc3c(-c3ccc(-c4ccccc4)cc3)c3ccccc23)C=C1. The van der Waals surface area contributed by atoms with Crippen molar-refractivity contribution in [3.63, 3.8) is 0 Å². The first kappa shape index (κ1) is 25.5. The molecule has 8 rings (SSSR count).